The highest BCUT2D eigenvalue weighted by Crippen LogP contribution is 2.14. The van der Waals surface area contributed by atoms with Crippen LogP contribution in [0.3, 0.4) is 0 Å². The number of rotatable bonds is 18. The van der Waals surface area contributed by atoms with Crippen molar-refractivity contribution in [3.8, 4) is 0 Å². The van der Waals surface area contributed by atoms with E-state index in [0.717, 1.165) is 18.4 Å². The molecule has 0 saturated carbocycles. The number of carbonyl (C=O) groups excluding carboxylic acids is 1. The quantitative estimate of drug-likeness (QED) is 0.177. The van der Waals surface area contributed by atoms with Crippen LogP contribution in [0.5, 0.6) is 0 Å². The molecule has 11 heteroatoms. The molecule has 10 nitrogen and oxygen atoms in total. The Morgan fingerprint density at radius 3 is 2.18 bits per heavy atom. The highest BCUT2D eigenvalue weighted by Gasteiger charge is 2.10. The molecule has 0 fully saturated rings. The smallest absolute Gasteiger partial charge is 0.251 e. The van der Waals surface area contributed by atoms with E-state index in [9.17, 15) is 9.18 Å². The maximum atomic E-state index is 13.5. The Morgan fingerprint density at radius 1 is 0.821 bits per heavy atom. The Bertz CT molecular complexity index is 1130. The standard InChI is InChI=1S/C28H38FN7O3/c1-3-24(4-2)33-28-35-26(34-27(36-28)32-20-21-9-8-12-23(29)19-21)31-14-16-39-18-17-38-15-13-30-25(37)22-10-6-5-7-11-22/h5-12,19,24H,3-4,13-18,20H2,1-2H3,(H,30,37)(H3,31,32,33,34,35,36). The van der Waals surface area contributed by atoms with Gasteiger partial charge in [0.1, 0.15) is 5.82 Å². The second-order valence-electron chi connectivity index (χ2n) is 8.72. The van der Waals surface area contributed by atoms with E-state index in [1.54, 1.807) is 18.2 Å². The fraction of sp³-hybridized carbons (Fsp3) is 0.429. The lowest BCUT2D eigenvalue weighted by Crippen LogP contribution is -2.27. The van der Waals surface area contributed by atoms with E-state index in [1.165, 1.54) is 12.1 Å². The Morgan fingerprint density at radius 2 is 1.49 bits per heavy atom. The minimum absolute atomic E-state index is 0.120. The number of halogens is 1. The number of amides is 1. The van der Waals surface area contributed by atoms with Crippen LogP contribution in [0, 0.1) is 5.82 Å². The fourth-order valence-corrected chi connectivity index (χ4v) is 3.59. The third-order valence-corrected chi connectivity index (χ3v) is 5.76. The molecule has 3 aromatic rings. The molecule has 4 N–H and O–H groups in total. The van der Waals surface area contributed by atoms with Gasteiger partial charge in [0.2, 0.25) is 17.8 Å². The molecule has 1 aromatic heterocycles. The predicted molar refractivity (Wildman–Crippen MR) is 150 cm³/mol. The number of anilines is 3. The van der Waals surface area contributed by atoms with Crippen molar-refractivity contribution in [2.75, 3.05) is 55.5 Å². The first-order valence-electron chi connectivity index (χ1n) is 13.3. The largest absolute Gasteiger partial charge is 0.377 e. The molecule has 0 bridgehead atoms. The van der Waals surface area contributed by atoms with Crippen LogP contribution in [0.4, 0.5) is 22.2 Å². The number of nitrogens with one attached hydrogen (secondary N) is 4. The van der Waals surface area contributed by atoms with Gasteiger partial charge in [0.15, 0.2) is 0 Å². The van der Waals surface area contributed by atoms with Crippen molar-refractivity contribution >= 4 is 23.8 Å². The summed E-state index contributed by atoms with van der Waals surface area (Å²) in [5.74, 6) is 0.860. The van der Waals surface area contributed by atoms with Crippen LogP contribution in [-0.2, 0) is 16.0 Å². The van der Waals surface area contributed by atoms with Gasteiger partial charge >= 0.3 is 0 Å². The molecular formula is C28H38FN7O3. The predicted octanol–water partition coefficient (Wildman–Crippen LogP) is 4.10. The van der Waals surface area contributed by atoms with Crippen LogP contribution >= 0.6 is 0 Å². The van der Waals surface area contributed by atoms with Crippen LogP contribution in [0.15, 0.2) is 54.6 Å². The molecular weight excluding hydrogens is 501 g/mol. The molecule has 0 atom stereocenters. The molecule has 0 radical (unpaired) electrons. The van der Waals surface area contributed by atoms with Crippen molar-refractivity contribution in [1.29, 1.82) is 0 Å². The topological polar surface area (TPSA) is 122 Å². The molecule has 0 aliphatic carbocycles. The van der Waals surface area contributed by atoms with Crippen molar-refractivity contribution in [2.45, 2.75) is 39.3 Å². The molecule has 0 unspecified atom stereocenters. The van der Waals surface area contributed by atoms with Gasteiger partial charge in [-0.05, 0) is 42.7 Å². The van der Waals surface area contributed by atoms with Crippen molar-refractivity contribution in [3.05, 3.63) is 71.5 Å². The van der Waals surface area contributed by atoms with Crippen LogP contribution in [-0.4, -0.2) is 66.4 Å². The summed E-state index contributed by atoms with van der Waals surface area (Å²) in [5, 5.41) is 12.5. The molecule has 2 aromatic carbocycles. The molecule has 0 aliphatic heterocycles. The van der Waals surface area contributed by atoms with Gasteiger partial charge in [0, 0.05) is 31.2 Å². The zero-order chi connectivity index (χ0) is 27.7. The van der Waals surface area contributed by atoms with E-state index in [-0.39, 0.29) is 17.8 Å². The number of carbonyl (C=O) groups is 1. The van der Waals surface area contributed by atoms with Crippen LogP contribution < -0.4 is 21.3 Å². The average Bonchev–Trinajstić information content (AvgIpc) is 2.96. The average molecular weight is 540 g/mol. The van der Waals surface area contributed by atoms with Gasteiger partial charge in [-0.1, -0.05) is 44.2 Å². The summed E-state index contributed by atoms with van der Waals surface area (Å²) >= 11 is 0. The van der Waals surface area contributed by atoms with Crippen molar-refractivity contribution in [1.82, 2.24) is 20.3 Å². The molecule has 0 saturated heterocycles. The van der Waals surface area contributed by atoms with E-state index in [4.69, 9.17) is 9.47 Å². The van der Waals surface area contributed by atoms with Crippen molar-refractivity contribution in [2.24, 2.45) is 0 Å². The first-order valence-corrected chi connectivity index (χ1v) is 13.3. The van der Waals surface area contributed by atoms with E-state index in [0.29, 0.717) is 69.5 Å². The van der Waals surface area contributed by atoms with Gasteiger partial charge < -0.3 is 30.7 Å². The Hall–Kier alpha value is -3.83. The summed E-state index contributed by atoms with van der Waals surface area (Å²) in [4.78, 5) is 25.4. The second kappa shape index (κ2) is 16.9. The maximum absolute atomic E-state index is 13.5. The molecule has 210 valence electrons. The van der Waals surface area contributed by atoms with Gasteiger partial charge in [0.25, 0.3) is 5.91 Å². The number of aromatic nitrogens is 3. The zero-order valence-electron chi connectivity index (χ0n) is 22.6. The van der Waals surface area contributed by atoms with Gasteiger partial charge in [-0.2, -0.15) is 15.0 Å². The first-order chi connectivity index (χ1) is 19.1. The SMILES string of the molecule is CCC(CC)Nc1nc(NCCOCCOCCNC(=O)c2ccccc2)nc(NCc2cccc(F)c2)n1. The summed E-state index contributed by atoms with van der Waals surface area (Å²) in [5.41, 5.74) is 1.41. The number of nitrogens with zero attached hydrogens (tertiary/aromatic N) is 3. The number of ether oxygens (including phenoxy) is 2. The molecule has 0 aliphatic rings. The van der Waals surface area contributed by atoms with Gasteiger partial charge in [-0.25, -0.2) is 4.39 Å². The number of hydrogen-bond donors (Lipinski definition) is 4. The van der Waals surface area contributed by atoms with E-state index >= 15 is 0 Å². The highest BCUT2D eigenvalue weighted by molar-refractivity contribution is 5.94. The molecule has 3 rings (SSSR count). The number of hydrogen-bond acceptors (Lipinski definition) is 9. The summed E-state index contributed by atoms with van der Waals surface area (Å²) in [6.45, 7) is 7.19. The van der Waals surface area contributed by atoms with Gasteiger partial charge in [-0.3, -0.25) is 4.79 Å². The molecule has 1 heterocycles. The minimum atomic E-state index is -0.288. The van der Waals surface area contributed by atoms with Crippen LogP contribution in [0.2, 0.25) is 0 Å². The molecule has 1 amide bonds. The van der Waals surface area contributed by atoms with E-state index in [2.05, 4.69) is 50.1 Å². The Balaban J connectivity index is 1.37. The third-order valence-electron chi connectivity index (χ3n) is 5.76. The van der Waals surface area contributed by atoms with E-state index in [1.807, 2.05) is 24.3 Å². The summed E-state index contributed by atoms with van der Waals surface area (Å²) in [6.07, 6.45) is 1.87. The van der Waals surface area contributed by atoms with Crippen LogP contribution in [0.1, 0.15) is 42.6 Å². The summed E-state index contributed by atoms with van der Waals surface area (Å²) < 4.78 is 24.6. The highest BCUT2D eigenvalue weighted by atomic mass is 19.1. The zero-order valence-corrected chi connectivity index (χ0v) is 22.6. The van der Waals surface area contributed by atoms with Gasteiger partial charge in [-0.15, -0.1) is 0 Å². The number of benzene rings is 2. The maximum Gasteiger partial charge on any atom is 0.251 e. The lowest BCUT2D eigenvalue weighted by molar-refractivity contribution is 0.0519. The Kier molecular flexibility index (Phi) is 12.9. The summed E-state index contributed by atoms with van der Waals surface area (Å²) in [6, 6.07) is 15.7. The minimum Gasteiger partial charge on any atom is -0.377 e. The first kappa shape index (κ1) is 29.7. The molecule has 39 heavy (non-hydrogen) atoms. The third kappa shape index (κ3) is 11.2. The lowest BCUT2D eigenvalue weighted by atomic mass is 10.2. The Labute approximate surface area is 229 Å². The normalized spacial score (nSPS) is 10.9. The summed E-state index contributed by atoms with van der Waals surface area (Å²) in [7, 11) is 0. The molecule has 0 spiro atoms. The van der Waals surface area contributed by atoms with E-state index < -0.39 is 0 Å². The second-order valence-corrected chi connectivity index (χ2v) is 8.72. The monoisotopic (exact) mass is 539 g/mol. The van der Waals surface area contributed by atoms with Crippen molar-refractivity contribution < 1.29 is 18.7 Å². The lowest BCUT2D eigenvalue weighted by Gasteiger charge is -2.16. The van der Waals surface area contributed by atoms with Crippen molar-refractivity contribution in [3.63, 3.8) is 0 Å². The van der Waals surface area contributed by atoms with Crippen LogP contribution in [0.25, 0.3) is 0 Å². The fourth-order valence-electron chi connectivity index (χ4n) is 3.59. The van der Waals surface area contributed by atoms with Gasteiger partial charge in [0.05, 0.1) is 26.4 Å².